The van der Waals surface area contributed by atoms with Crippen LogP contribution in [0.4, 0.5) is 0 Å². The highest BCUT2D eigenvalue weighted by molar-refractivity contribution is 5.87. The number of carbonyl (C=O) groups excluding carboxylic acids is 2. The fourth-order valence-electron chi connectivity index (χ4n) is 1.31. The minimum atomic E-state index is -0.245. The Hall–Kier alpha value is -1.32. The predicted octanol–water partition coefficient (Wildman–Crippen LogP) is 2.14. The normalized spacial score (nSPS) is 9.76. The average molecular weight is 241 g/mol. The second-order valence-corrected chi connectivity index (χ2v) is 4.00. The average Bonchev–Trinajstić information content (AvgIpc) is 2.34. The van der Waals surface area contributed by atoms with E-state index in [9.17, 15) is 9.59 Å². The van der Waals surface area contributed by atoms with Crippen LogP contribution in [0.5, 0.6) is 0 Å². The minimum Gasteiger partial charge on any atom is -0.466 e. The Labute approximate surface area is 104 Å². The molecule has 4 heteroatoms. The largest absolute Gasteiger partial charge is 0.466 e. The quantitative estimate of drug-likeness (QED) is 0.353. The van der Waals surface area contributed by atoms with Crippen molar-refractivity contribution in [2.75, 3.05) is 20.2 Å². The molecule has 0 fully saturated rings. The van der Waals surface area contributed by atoms with E-state index >= 15 is 0 Å². The van der Waals surface area contributed by atoms with Crippen molar-refractivity contribution < 1.29 is 14.3 Å². The van der Waals surface area contributed by atoms with E-state index in [0.29, 0.717) is 13.2 Å². The first kappa shape index (κ1) is 15.7. The van der Waals surface area contributed by atoms with Crippen molar-refractivity contribution >= 4 is 11.9 Å². The van der Waals surface area contributed by atoms with Crippen LogP contribution < -0.4 is 0 Å². The van der Waals surface area contributed by atoms with E-state index in [1.54, 1.807) is 7.05 Å². The zero-order chi connectivity index (χ0) is 13.1. The Kier molecular flexibility index (Phi) is 9.11. The SMILES string of the molecule is C=CC(=O)N(C)CCC(=O)OCCCCCC. The standard InChI is InChI=1S/C13H23NO3/c1-4-6-7-8-11-17-13(16)9-10-14(3)12(15)5-2/h5H,2,4,6-11H2,1,3H3. The molecule has 0 spiro atoms. The number of likely N-dealkylation sites (N-methyl/N-ethyl adjacent to an activating group) is 1. The summed E-state index contributed by atoms with van der Waals surface area (Å²) in [5, 5.41) is 0. The molecule has 17 heavy (non-hydrogen) atoms. The second-order valence-electron chi connectivity index (χ2n) is 4.00. The van der Waals surface area contributed by atoms with Crippen molar-refractivity contribution in [2.45, 2.75) is 39.0 Å². The van der Waals surface area contributed by atoms with Gasteiger partial charge in [0.1, 0.15) is 0 Å². The number of hydrogen-bond acceptors (Lipinski definition) is 3. The maximum Gasteiger partial charge on any atom is 0.307 e. The summed E-state index contributed by atoms with van der Waals surface area (Å²) in [6.45, 7) is 6.37. The smallest absolute Gasteiger partial charge is 0.307 e. The molecule has 0 heterocycles. The summed E-state index contributed by atoms with van der Waals surface area (Å²) in [5.74, 6) is -0.425. The molecule has 0 saturated heterocycles. The predicted molar refractivity (Wildman–Crippen MR) is 67.6 cm³/mol. The lowest BCUT2D eigenvalue weighted by atomic mass is 10.2. The third-order valence-electron chi connectivity index (χ3n) is 2.46. The number of esters is 1. The van der Waals surface area contributed by atoms with Gasteiger partial charge in [-0.1, -0.05) is 32.8 Å². The van der Waals surface area contributed by atoms with Gasteiger partial charge in [-0.2, -0.15) is 0 Å². The van der Waals surface area contributed by atoms with Crippen molar-refractivity contribution in [3.8, 4) is 0 Å². The van der Waals surface area contributed by atoms with E-state index in [1.807, 2.05) is 0 Å². The molecule has 0 aliphatic carbocycles. The van der Waals surface area contributed by atoms with Crippen LogP contribution in [-0.2, 0) is 14.3 Å². The van der Waals surface area contributed by atoms with E-state index in [1.165, 1.54) is 23.8 Å². The van der Waals surface area contributed by atoms with Gasteiger partial charge in [-0.15, -0.1) is 0 Å². The summed E-state index contributed by atoms with van der Waals surface area (Å²) < 4.78 is 5.05. The molecule has 0 rings (SSSR count). The molecule has 0 aromatic rings. The number of ether oxygens (including phenoxy) is 1. The lowest BCUT2D eigenvalue weighted by Crippen LogP contribution is -2.27. The van der Waals surface area contributed by atoms with Crippen LogP contribution in [0, 0.1) is 0 Å². The van der Waals surface area contributed by atoms with Gasteiger partial charge >= 0.3 is 5.97 Å². The van der Waals surface area contributed by atoms with Gasteiger partial charge in [0.2, 0.25) is 5.91 Å². The van der Waals surface area contributed by atoms with Gasteiger partial charge in [0.05, 0.1) is 13.0 Å². The van der Waals surface area contributed by atoms with Crippen LogP contribution >= 0.6 is 0 Å². The van der Waals surface area contributed by atoms with Gasteiger partial charge in [-0.05, 0) is 12.5 Å². The molecule has 0 unspecified atom stereocenters. The molecule has 0 saturated carbocycles. The van der Waals surface area contributed by atoms with Gasteiger partial charge in [0, 0.05) is 13.6 Å². The number of unbranched alkanes of at least 4 members (excludes halogenated alkanes) is 3. The van der Waals surface area contributed by atoms with Crippen molar-refractivity contribution in [1.82, 2.24) is 4.90 Å². The molecule has 1 amide bonds. The van der Waals surface area contributed by atoms with Crippen LogP contribution in [0.15, 0.2) is 12.7 Å². The Morgan fingerprint density at radius 2 is 2.00 bits per heavy atom. The molecule has 0 aliphatic heterocycles. The molecule has 0 aromatic carbocycles. The van der Waals surface area contributed by atoms with Crippen molar-refractivity contribution in [1.29, 1.82) is 0 Å². The van der Waals surface area contributed by atoms with E-state index in [0.717, 1.165) is 12.8 Å². The highest BCUT2D eigenvalue weighted by Gasteiger charge is 2.08. The monoisotopic (exact) mass is 241 g/mol. The molecule has 0 aromatic heterocycles. The Morgan fingerprint density at radius 3 is 2.59 bits per heavy atom. The summed E-state index contributed by atoms with van der Waals surface area (Å²) >= 11 is 0. The van der Waals surface area contributed by atoms with Crippen LogP contribution in [-0.4, -0.2) is 37.0 Å². The number of rotatable bonds is 9. The first-order valence-electron chi connectivity index (χ1n) is 6.15. The number of amides is 1. The first-order valence-corrected chi connectivity index (χ1v) is 6.15. The fraction of sp³-hybridized carbons (Fsp3) is 0.692. The second kappa shape index (κ2) is 9.87. The number of carbonyl (C=O) groups is 2. The molecule has 0 bridgehead atoms. The molecule has 0 aliphatic rings. The van der Waals surface area contributed by atoms with E-state index < -0.39 is 0 Å². The molecular weight excluding hydrogens is 218 g/mol. The Bertz CT molecular complexity index is 251. The van der Waals surface area contributed by atoms with Crippen LogP contribution in [0.2, 0.25) is 0 Å². The molecular formula is C13H23NO3. The summed E-state index contributed by atoms with van der Waals surface area (Å²) in [6, 6.07) is 0. The Balaban J connectivity index is 3.52. The topological polar surface area (TPSA) is 46.6 Å². The molecule has 0 N–H and O–H groups in total. The van der Waals surface area contributed by atoms with Crippen molar-refractivity contribution in [3.05, 3.63) is 12.7 Å². The van der Waals surface area contributed by atoms with Gasteiger partial charge in [-0.25, -0.2) is 0 Å². The first-order chi connectivity index (χ1) is 8.11. The zero-order valence-corrected chi connectivity index (χ0v) is 10.9. The summed E-state index contributed by atoms with van der Waals surface area (Å²) in [7, 11) is 1.64. The number of hydrogen-bond donors (Lipinski definition) is 0. The maximum atomic E-state index is 11.3. The third kappa shape index (κ3) is 8.48. The van der Waals surface area contributed by atoms with Gasteiger partial charge in [0.25, 0.3) is 0 Å². The molecule has 98 valence electrons. The lowest BCUT2D eigenvalue weighted by Gasteiger charge is -2.14. The highest BCUT2D eigenvalue weighted by atomic mass is 16.5. The van der Waals surface area contributed by atoms with Crippen LogP contribution in [0.1, 0.15) is 39.0 Å². The van der Waals surface area contributed by atoms with Crippen molar-refractivity contribution in [3.63, 3.8) is 0 Å². The third-order valence-corrected chi connectivity index (χ3v) is 2.46. The van der Waals surface area contributed by atoms with Crippen LogP contribution in [0.3, 0.4) is 0 Å². The molecule has 0 radical (unpaired) electrons. The van der Waals surface area contributed by atoms with Crippen LogP contribution in [0.25, 0.3) is 0 Å². The molecule has 0 atom stereocenters. The Morgan fingerprint density at radius 1 is 1.29 bits per heavy atom. The van der Waals surface area contributed by atoms with E-state index in [4.69, 9.17) is 4.74 Å². The summed E-state index contributed by atoms with van der Waals surface area (Å²) in [6.07, 6.45) is 5.83. The summed E-state index contributed by atoms with van der Waals surface area (Å²) in [4.78, 5) is 23.9. The van der Waals surface area contributed by atoms with E-state index in [2.05, 4.69) is 13.5 Å². The number of nitrogens with zero attached hydrogens (tertiary/aromatic N) is 1. The lowest BCUT2D eigenvalue weighted by molar-refractivity contribution is -0.144. The highest BCUT2D eigenvalue weighted by Crippen LogP contribution is 2.00. The fourth-order valence-corrected chi connectivity index (χ4v) is 1.31. The van der Waals surface area contributed by atoms with Gasteiger partial charge < -0.3 is 9.64 Å². The zero-order valence-electron chi connectivity index (χ0n) is 10.9. The van der Waals surface area contributed by atoms with E-state index in [-0.39, 0.29) is 18.3 Å². The molecule has 4 nitrogen and oxygen atoms in total. The maximum absolute atomic E-state index is 11.3. The van der Waals surface area contributed by atoms with Gasteiger partial charge in [-0.3, -0.25) is 9.59 Å². The minimum absolute atomic E-state index is 0.180. The van der Waals surface area contributed by atoms with Gasteiger partial charge in [0.15, 0.2) is 0 Å². The van der Waals surface area contributed by atoms with Crippen molar-refractivity contribution in [2.24, 2.45) is 0 Å². The summed E-state index contributed by atoms with van der Waals surface area (Å²) in [5.41, 5.74) is 0.